The van der Waals surface area contributed by atoms with Gasteiger partial charge >= 0.3 is 5.97 Å². The van der Waals surface area contributed by atoms with E-state index in [2.05, 4.69) is 43.9 Å². The van der Waals surface area contributed by atoms with Crippen LogP contribution in [0.5, 0.6) is 0 Å². The molecule has 20 heavy (non-hydrogen) atoms. The minimum Gasteiger partial charge on any atom is -0.480 e. The average Bonchev–Trinajstić information content (AvgIpc) is 2.66. The number of aliphatic carboxylic acids is 1. The number of rotatable bonds is 3. The topological polar surface area (TPSA) is 40.5 Å². The third kappa shape index (κ3) is 3.21. The van der Waals surface area contributed by atoms with E-state index in [9.17, 15) is 9.90 Å². The van der Waals surface area contributed by atoms with E-state index in [1.165, 1.54) is 16.7 Å². The maximum absolute atomic E-state index is 11.6. The summed E-state index contributed by atoms with van der Waals surface area (Å²) in [7, 11) is 0. The summed E-state index contributed by atoms with van der Waals surface area (Å²) in [4.78, 5) is 13.7. The first-order valence-corrected chi connectivity index (χ1v) is 7.56. The molecule has 0 amide bonds. The number of carboxylic acids is 1. The summed E-state index contributed by atoms with van der Waals surface area (Å²) in [5.41, 5.74) is 3.74. The third-order valence-electron chi connectivity index (χ3n) is 4.46. The van der Waals surface area contributed by atoms with Crippen molar-refractivity contribution in [1.82, 2.24) is 4.90 Å². The number of carboxylic acid groups (broad SMARTS) is 1. The zero-order valence-electron chi connectivity index (χ0n) is 12.7. The minimum atomic E-state index is -0.677. The highest BCUT2D eigenvalue weighted by molar-refractivity contribution is 5.73. The van der Waals surface area contributed by atoms with E-state index < -0.39 is 5.97 Å². The molecule has 1 aliphatic rings. The molecule has 1 aliphatic heterocycles. The van der Waals surface area contributed by atoms with Gasteiger partial charge in [0.1, 0.15) is 6.04 Å². The Hall–Kier alpha value is -1.35. The van der Waals surface area contributed by atoms with Crippen LogP contribution in [0, 0.1) is 13.8 Å². The summed E-state index contributed by atoms with van der Waals surface area (Å²) in [6, 6.07) is 6.27. The molecule has 0 aliphatic carbocycles. The van der Waals surface area contributed by atoms with E-state index in [1.807, 2.05) is 0 Å². The van der Waals surface area contributed by atoms with Gasteiger partial charge in [0.15, 0.2) is 0 Å². The average molecular weight is 275 g/mol. The molecule has 2 atom stereocenters. The van der Waals surface area contributed by atoms with Crippen LogP contribution >= 0.6 is 0 Å². The van der Waals surface area contributed by atoms with Crippen LogP contribution in [0.4, 0.5) is 0 Å². The smallest absolute Gasteiger partial charge is 0.320 e. The Morgan fingerprint density at radius 3 is 2.75 bits per heavy atom. The van der Waals surface area contributed by atoms with Crippen LogP contribution in [0.15, 0.2) is 18.2 Å². The van der Waals surface area contributed by atoms with Crippen LogP contribution in [0.1, 0.15) is 55.3 Å². The zero-order chi connectivity index (χ0) is 14.7. The van der Waals surface area contributed by atoms with Crippen molar-refractivity contribution in [3.8, 4) is 0 Å². The van der Waals surface area contributed by atoms with Crippen molar-refractivity contribution < 1.29 is 9.90 Å². The van der Waals surface area contributed by atoms with Crippen LogP contribution < -0.4 is 0 Å². The number of hydrogen-bond acceptors (Lipinski definition) is 2. The SMILES string of the molecule is Cc1ccc(C)c(C(C)N2CCCCCC2C(=O)O)c1. The van der Waals surface area contributed by atoms with Gasteiger partial charge in [-0.2, -0.15) is 0 Å². The van der Waals surface area contributed by atoms with E-state index in [4.69, 9.17) is 0 Å². The largest absolute Gasteiger partial charge is 0.480 e. The molecule has 0 aromatic heterocycles. The molecule has 3 heteroatoms. The van der Waals surface area contributed by atoms with E-state index in [0.717, 1.165) is 32.2 Å². The summed E-state index contributed by atoms with van der Waals surface area (Å²) in [6.07, 6.45) is 4.02. The second-order valence-electron chi connectivity index (χ2n) is 5.98. The Kier molecular flexibility index (Phi) is 4.81. The van der Waals surface area contributed by atoms with Crippen LogP contribution in [0.2, 0.25) is 0 Å². The van der Waals surface area contributed by atoms with Gasteiger partial charge in [0.05, 0.1) is 0 Å². The van der Waals surface area contributed by atoms with Crippen molar-refractivity contribution in [3.05, 3.63) is 34.9 Å². The van der Waals surface area contributed by atoms with Crippen molar-refractivity contribution in [1.29, 1.82) is 0 Å². The van der Waals surface area contributed by atoms with Crippen molar-refractivity contribution in [2.24, 2.45) is 0 Å². The lowest BCUT2D eigenvalue weighted by atomic mass is 9.97. The Morgan fingerprint density at radius 1 is 1.30 bits per heavy atom. The van der Waals surface area contributed by atoms with E-state index >= 15 is 0 Å². The van der Waals surface area contributed by atoms with Crippen LogP contribution in [-0.2, 0) is 4.79 Å². The van der Waals surface area contributed by atoms with Crippen LogP contribution in [-0.4, -0.2) is 28.6 Å². The second kappa shape index (κ2) is 6.40. The normalized spacial score (nSPS) is 22.2. The number of benzene rings is 1. The fraction of sp³-hybridized carbons (Fsp3) is 0.588. The van der Waals surface area contributed by atoms with Crippen LogP contribution in [0.25, 0.3) is 0 Å². The minimum absolute atomic E-state index is 0.161. The number of hydrogen-bond donors (Lipinski definition) is 1. The molecule has 3 nitrogen and oxygen atoms in total. The van der Waals surface area contributed by atoms with Gasteiger partial charge in [-0.1, -0.05) is 36.6 Å². The molecule has 0 bridgehead atoms. The van der Waals surface area contributed by atoms with Crippen molar-refractivity contribution in [3.63, 3.8) is 0 Å². The van der Waals surface area contributed by atoms with E-state index in [0.29, 0.717) is 0 Å². The predicted octanol–water partition coefficient (Wildman–Crippen LogP) is 3.69. The molecule has 1 aromatic carbocycles. The number of carbonyl (C=O) groups is 1. The molecule has 1 heterocycles. The number of aryl methyl sites for hydroxylation is 2. The molecular weight excluding hydrogens is 250 g/mol. The monoisotopic (exact) mass is 275 g/mol. The molecule has 1 aromatic rings. The van der Waals surface area contributed by atoms with Gasteiger partial charge in [-0.3, -0.25) is 9.69 Å². The molecule has 110 valence electrons. The molecule has 2 unspecified atom stereocenters. The predicted molar refractivity (Wildman–Crippen MR) is 80.9 cm³/mol. The molecule has 0 saturated carbocycles. The molecule has 0 radical (unpaired) electrons. The molecule has 0 spiro atoms. The molecule has 1 saturated heterocycles. The maximum Gasteiger partial charge on any atom is 0.320 e. The highest BCUT2D eigenvalue weighted by atomic mass is 16.4. The van der Waals surface area contributed by atoms with Gasteiger partial charge in [0, 0.05) is 6.04 Å². The lowest BCUT2D eigenvalue weighted by Crippen LogP contribution is -2.42. The summed E-state index contributed by atoms with van der Waals surface area (Å²) < 4.78 is 0. The highest BCUT2D eigenvalue weighted by Gasteiger charge is 2.31. The summed E-state index contributed by atoms with van der Waals surface area (Å²) in [5.74, 6) is -0.677. The van der Waals surface area contributed by atoms with Gasteiger partial charge < -0.3 is 5.11 Å². The number of likely N-dealkylation sites (tertiary alicyclic amines) is 1. The van der Waals surface area contributed by atoms with Gasteiger partial charge in [-0.25, -0.2) is 0 Å². The Morgan fingerprint density at radius 2 is 2.05 bits per heavy atom. The Labute approximate surface area is 121 Å². The first kappa shape index (κ1) is 15.0. The van der Waals surface area contributed by atoms with Crippen molar-refractivity contribution in [2.45, 2.75) is 58.5 Å². The Bertz CT molecular complexity index is 484. The van der Waals surface area contributed by atoms with Crippen LogP contribution in [0.3, 0.4) is 0 Å². The van der Waals surface area contributed by atoms with Crippen molar-refractivity contribution in [2.75, 3.05) is 6.54 Å². The first-order valence-electron chi connectivity index (χ1n) is 7.56. The first-order chi connectivity index (χ1) is 9.50. The highest BCUT2D eigenvalue weighted by Crippen LogP contribution is 2.30. The molecule has 2 rings (SSSR count). The molecule has 1 N–H and O–H groups in total. The lowest BCUT2D eigenvalue weighted by molar-refractivity contribution is -0.144. The summed E-state index contributed by atoms with van der Waals surface area (Å²) in [6.45, 7) is 7.22. The van der Waals surface area contributed by atoms with Gasteiger partial charge in [0.2, 0.25) is 0 Å². The molecule has 1 fully saturated rings. The van der Waals surface area contributed by atoms with E-state index in [-0.39, 0.29) is 12.1 Å². The van der Waals surface area contributed by atoms with Gasteiger partial charge in [-0.05, 0) is 51.3 Å². The zero-order valence-corrected chi connectivity index (χ0v) is 12.7. The summed E-state index contributed by atoms with van der Waals surface area (Å²) in [5, 5.41) is 9.51. The molecular formula is C17H25NO2. The summed E-state index contributed by atoms with van der Waals surface area (Å²) >= 11 is 0. The fourth-order valence-corrected chi connectivity index (χ4v) is 3.25. The third-order valence-corrected chi connectivity index (χ3v) is 4.46. The second-order valence-corrected chi connectivity index (χ2v) is 5.98. The van der Waals surface area contributed by atoms with Crippen molar-refractivity contribution >= 4 is 5.97 Å². The fourth-order valence-electron chi connectivity index (χ4n) is 3.25. The lowest BCUT2D eigenvalue weighted by Gasteiger charge is -2.33. The number of nitrogens with zero attached hydrogens (tertiary/aromatic N) is 1. The van der Waals surface area contributed by atoms with E-state index in [1.54, 1.807) is 0 Å². The quantitative estimate of drug-likeness (QED) is 0.914. The Balaban J connectivity index is 2.30. The standard InChI is InChI=1S/C17H25NO2/c1-12-8-9-13(2)15(11-12)14(3)18-10-6-4-5-7-16(18)17(19)20/h8-9,11,14,16H,4-7,10H2,1-3H3,(H,19,20). The maximum atomic E-state index is 11.6. The van der Waals surface area contributed by atoms with Gasteiger partial charge in [-0.15, -0.1) is 0 Å². The van der Waals surface area contributed by atoms with Gasteiger partial charge in [0.25, 0.3) is 0 Å².